The van der Waals surface area contributed by atoms with Crippen molar-refractivity contribution in [3.05, 3.63) is 74.5 Å². The number of carbonyl (C=O) groups excluding carboxylic acids is 1. The minimum Gasteiger partial charge on any atom is -0.506 e. The van der Waals surface area contributed by atoms with E-state index in [1.54, 1.807) is 28.8 Å². The number of aryl methyl sites for hydroxylation is 2. The molecule has 2 heterocycles. The summed E-state index contributed by atoms with van der Waals surface area (Å²) >= 11 is 6.10. The third-order valence-electron chi connectivity index (χ3n) is 4.79. The van der Waals surface area contributed by atoms with Crippen LogP contribution in [0.25, 0.3) is 10.9 Å². The Balaban J connectivity index is 1.76. The molecule has 0 atom stereocenters. The third kappa shape index (κ3) is 2.65. The van der Waals surface area contributed by atoms with Crippen LogP contribution in [0.4, 0.5) is 0 Å². The van der Waals surface area contributed by atoms with Crippen LogP contribution in [0, 0.1) is 0 Å². The number of benzene rings is 2. The van der Waals surface area contributed by atoms with Crippen LogP contribution in [0.1, 0.15) is 27.9 Å². The number of pyridine rings is 1. The van der Waals surface area contributed by atoms with E-state index in [0.717, 1.165) is 29.5 Å². The highest BCUT2D eigenvalue weighted by Crippen LogP contribution is 2.31. The average Bonchev–Trinajstić information content (AvgIpc) is 2.65. The van der Waals surface area contributed by atoms with Crippen molar-refractivity contribution in [2.75, 3.05) is 0 Å². The molecule has 1 aromatic heterocycles. The van der Waals surface area contributed by atoms with Crippen molar-refractivity contribution in [2.45, 2.75) is 25.9 Å². The summed E-state index contributed by atoms with van der Waals surface area (Å²) in [6, 6.07) is 12.7. The second-order valence-electron chi connectivity index (χ2n) is 6.37. The van der Waals surface area contributed by atoms with E-state index < -0.39 is 11.5 Å². The van der Waals surface area contributed by atoms with Gasteiger partial charge in [0, 0.05) is 23.5 Å². The Morgan fingerprint density at radius 2 is 2.00 bits per heavy atom. The summed E-state index contributed by atoms with van der Waals surface area (Å²) in [7, 11) is 0. The van der Waals surface area contributed by atoms with E-state index in [1.165, 1.54) is 0 Å². The molecule has 0 saturated carbocycles. The molecule has 4 rings (SSSR count). The standard InChI is InChI=1S/C20H17ClN2O3/c21-15-9-2-1-5-13(15)11-22-19(25)16-18(24)14-8-3-6-12-7-4-10-23(17(12)14)20(16)26/h1-3,5-6,8-9,24H,4,7,10-11H2,(H,22,25). The van der Waals surface area contributed by atoms with Gasteiger partial charge in [0.2, 0.25) is 0 Å². The molecule has 0 spiro atoms. The molecule has 3 aromatic rings. The molecule has 2 aromatic carbocycles. The highest BCUT2D eigenvalue weighted by atomic mass is 35.5. The van der Waals surface area contributed by atoms with Crippen LogP contribution in [0.2, 0.25) is 5.02 Å². The van der Waals surface area contributed by atoms with Gasteiger partial charge in [-0.3, -0.25) is 9.59 Å². The number of halogens is 1. The predicted molar refractivity (Wildman–Crippen MR) is 101 cm³/mol. The number of carbonyl (C=O) groups is 1. The van der Waals surface area contributed by atoms with E-state index >= 15 is 0 Å². The molecule has 0 saturated heterocycles. The first-order chi connectivity index (χ1) is 12.6. The summed E-state index contributed by atoms with van der Waals surface area (Å²) in [5.41, 5.74) is 1.81. The first-order valence-electron chi connectivity index (χ1n) is 8.47. The van der Waals surface area contributed by atoms with Crippen LogP contribution in [-0.2, 0) is 19.5 Å². The lowest BCUT2D eigenvalue weighted by Gasteiger charge is -2.21. The summed E-state index contributed by atoms with van der Waals surface area (Å²) in [6.45, 7) is 0.715. The average molecular weight is 369 g/mol. The maximum Gasteiger partial charge on any atom is 0.267 e. The Morgan fingerprint density at radius 3 is 2.81 bits per heavy atom. The van der Waals surface area contributed by atoms with Gasteiger partial charge in [-0.05, 0) is 36.1 Å². The zero-order chi connectivity index (χ0) is 18.3. The molecular formula is C20H17ClN2O3. The van der Waals surface area contributed by atoms with E-state index in [9.17, 15) is 14.7 Å². The number of hydrogen-bond donors (Lipinski definition) is 2. The molecule has 6 heteroatoms. The summed E-state index contributed by atoms with van der Waals surface area (Å²) in [4.78, 5) is 25.5. The number of hydrogen-bond acceptors (Lipinski definition) is 3. The van der Waals surface area contributed by atoms with Gasteiger partial charge in [0.15, 0.2) is 0 Å². The third-order valence-corrected chi connectivity index (χ3v) is 5.16. The minimum absolute atomic E-state index is 0.176. The number of nitrogens with zero attached hydrogens (tertiary/aromatic N) is 1. The van der Waals surface area contributed by atoms with Gasteiger partial charge in [-0.25, -0.2) is 0 Å². The Labute approximate surface area is 154 Å². The van der Waals surface area contributed by atoms with Crippen molar-refractivity contribution >= 4 is 28.4 Å². The van der Waals surface area contributed by atoms with Crippen LogP contribution in [0.5, 0.6) is 5.75 Å². The molecule has 1 amide bonds. The Hall–Kier alpha value is -2.79. The largest absolute Gasteiger partial charge is 0.506 e. The number of amides is 1. The number of aromatic hydroxyl groups is 1. The molecular weight excluding hydrogens is 352 g/mol. The topological polar surface area (TPSA) is 71.3 Å². The van der Waals surface area contributed by atoms with E-state index in [0.29, 0.717) is 17.0 Å². The van der Waals surface area contributed by atoms with Crippen molar-refractivity contribution in [2.24, 2.45) is 0 Å². The predicted octanol–water partition coefficient (Wildman–Crippen LogP) is 3.24. The quantitative estimate of drug-likeness (QED) is 0.745. The van der Waals surface area contributed by atoms with Crippen molar-refractivity contribution in [1.29, 1.82) is 0 Å². The molecule has 0 radical (unpaired) electrons. The molecule has 0 aliphatic carbocycles. The second-order valence-corrected chi connectivity index (χ2v) is 6.78. The molecule has 5 nitrogen and oxygen atoms in total. The zero-order valence-electron chi connectivity index (χ0n) is 14.0. The van der Waals surface area contributed by atoms with Gasteiger partial charge in [0.25, 0.3) is 11.5 Å². The number of para-hydroxylation sites is 1. The molecule has 26 heavy (non-hydrogen) atoms. The van der Waals surface area contributed by atoms with Gasteiger partial charge >= 0.3 is 0 Å². The van der Waals surface area contributed by atoms with Crippen molar-refractivity contribution in [3.63, 3.8) is 0 Å². The van der Waals surface area contributed by atoms with Crippen molar-refractivity contribution in [1.82, 2.24) is 9.88 Å². The first-order valence-corrected chi connectivity index (χ1v) is 8.84. The summed E-state index contributed by atoms with van der Waals surface area (Å²) in [5, 5.41) is 14.4. The highest BCUT2D eigenvalue weighted by molar-refractivity contribution is 6.31. The molecule has 0 unspecified atom stereocenters. The van der Waals surface area contributed by atoms with E-state index in [2.05, 4.69) is 5.32 Å². The van der Waals surface area contributed by atoms with Crippen LogP contribution < -0.4 is 10.9 Å². The normalized spacial score (nSPS) is 13.0. The van der Waals surface area contributed by atoms with Gasteiger partial charge in [0.1, 0.15) is 11.3 Å². The lowest BCUT2D eigenvalue weighted by molar-refractivity contribution is 0.0946. The summed E-state index contributed by atoms with van der Waals surface area (Å²) in [6.07, 6.45) is 1.69. The van der Waals surface area contributed by atoms with Gasteiger partial charge in [0.05, 0.1) is 5.52 Å². The van der Waals surface area contributed by atoms with Crippen molar-refractivity contribution in [3.8, 4) is 5.75 Å². The fraction of sp³-hybridized carbons (Fsp3) is 0.200. The van der Waals surface area contributed by atoms with Crippen LogP contribution >= 0.6 is 11.6 Å². The van der Waals surface area contributed by atoms with Crippen LogP contribution in [0.15, 0.2) is 47.3 Å². The number of rotatable bonds is 3. The highest BCUT2D eigenvalue weighted by Gasteiger charge is 2.24. The fourth-order valence-corrected chi connectivity index (χ4v) is 3.73. The zero-order valence-corrected chi connectivity index (χ0v) is 14.7. The number of nitrogens with one attached hydrogen (secondary N) is 1. The van der Waals surface area contributed by atoms with E-state index in [4.69, 9.17) is 11.6 Å². The smallest absolute Gasteiger partial charge is 0.267 e. The molecule has 1 aliphatic rings. The lowest BCUT2D eigenvalue weighted by Crippen LogP contribution is -2.34. The van der Waals surface area contributed by atoms with E-state index in [1.807, 2.05) is 18.2 Å². The Morgan fingerprint density at radius 1 is 1.19 bits per heavy atom. The second kappa shape index (κ2) is 6.50. The molecule has 0 bridgehead atoms. The monoisotopic (exact) mass is 368 g/mol. The van der Waals surface area contributed by atoms with Gasteiger partial charge in [-0.1, -0.05) is 41.9 Å². The van der Waals surface area contributed by atoms with Crippen LogP contribution in [0.3, 0.4) is 0 Å². The first kappa shape index (κ1) is 16.7. The molecule has 0 fully saturated rings. The number of aromatic nitrogens is 1. The summed E-state index contributed by atoms with van der Waals surface area (Å²) in [5.74, 6) is -0.865. The lowest BCUT2D eigenvalue weighted by atomic mass is 9.99. The molecule has 132 valence electrons. The van der Waals surface area contributed by atoms with Gasteiger partial charge in [-0.2, -0.15) is 0 Å². The summed E-state index contributed by atoms with van der Waals surface area (Å²) < 4.78 is 1.60. The maximum absolute atomic E-state index is 12.9. The Kier molecular flexibility index (Phi) is 4.17. The molecule has 2 N–H and O–H groups in total. The molecule has 1 aliphatic heterocycles. The van der Waals surface area contributed by atoms with Gasteiger partial charge < -0.3 is 15.0 Å². The fourth-order valence-electron chi connectivity index (χ4n) is 3.53. The van der Waals surface area contributed by atoms with Crippen LogP contribution in [-0.4, -0.2) is 15.6 Å². The maximum atomic E-state index is 12.9. The minimum atomic E-state index is -0.603. The van der Waals surface area contributed by atoms with E-state index in [-0.39, 0.29) is 17.9 Å². The Bertz CT molecular complexity index is 1090. The van der Waals surface area contributed by atoms with Crippen molar-refractivity contribution < 1.29 is 9.90 Å². The SMILES string of the molecule is O=C(NCc1ccccc1Cl)c1c(O)c2cccc3c2n(c1=O)CCC3. The van der Waals surface area contributed by atoms with Gasteiger partial charge in [-0.15, -0.1) is 0 Å².